The van der Waals surface area contributed by atoms with Gasteiger partial charge in [0.25, 0.3) is 0 Å². The van der Waals surface area contributed by atoms with Gasteiger partial charge in [0.15, 0.2) is 0 Å². The summed E-state index contributed by atoms with van der Waals surface area (Å²) < 4.78 is 0. The van der Waals surface area contributed by atoms with E-state index in [1.54, 1.807) is 12.1 Å². The van der Waals surface area contributed by atoms with Crippen molar-refractivity contribution in [2.24, 2.45) is 17.6 Å². The fraction of sp³-hybridized carbons (Fsp3) is 0.438. The van der Waals surface area contributed by atoms with E-state index in [1.807, 2.05) is 18.2 Å². The van der Waals surface area contributed by atoms with E-state index < -0.39 is 23.8 Å². The lowest BCUT2D eigenvalue weighted by molar-refractivity contribution is -0.135. The number of carbonyl (C=O) groups excluding carboxylic acids is 2. The summed E-state index contributed by atoms with van der Waals surface area (Å²) in [5, 5.41) is 12.0. The summed E-state index contributed by atoms with van der Waals surface area (Å²) in [4.78, 5) is 23.9. The minimum absolute atomic E-state index is 0.256. The molecule has 0 heterocycles. The summed E-state index contributed by atoms with van der Waals surface area (Å²) in [6.45, 7) is 0. The fourth-order valence-electron chi connectivity index (χ4n) is 2.87. The average Bonchev–Trinajstić information content (AvgIpc) is 2.53. The molecule has 2 amide bonds. The van der Waals surface area contributed by atoms with Crippen molar-refractivity contribution < 1.29 is 9.59 Å². The van der Waals surface area contributed by atoms with Gasteiger partial charge in [-0.3, -0.25) is 9.59 Å². The van der Waals surface area contributed by atoms with Crippen molar-refractivity contribution >= 4 is 11.8 Å². The molecule has 0 saturated heterocycles. The maximum absolute atomic E-state index is 12.4. The predicted octanol–water partition coefficient (Wildman–Crippen LogP) is 1.66. The van der Waals surface area contributed by atoms with Gasteiger partial charge < -0.3 is 11.1 Å². The Morgan fingerprint density at radius 2 is 1.81 bits per heavy atom. The molecule has 1 saturated carbocycles. The highest BCUT2D eigenvalue weighted by molar-refractivity contribution is 5.87. The highest BCUT2D eigenvalue weighted by Gasteiger charge is 2.35. The fourth-order valence-corrected chi connectivity index (χ4v) is 2.87. The summed E-state index contributed by atoms with van der Waals surface area (Å²) >= 11 is 0. The average molecular weight is 285 g/mol. The normalized spacial score (nSPS) is 22.8. The van der Waals surface area contributed by atoms with Crippen molar-refractivity contribution in [2.75, 3.05) is 0 Å². The van der Waals surface area contributed by atoms with Gasteiger partial charge in [0.05, 0.1) is 6.07 Å². The van der Waals surface area contributed by atoms with Crippen molar-refractivity contribution in [2.45, 2.75) is 31.7 Å². The number of benzene rings is 1. The van der Waals surface area contributed by atoms with E-state index in [2.05, 4.69) is 11.4 Å². The Bertz CT molecular complexity index is 550. The molecule has 0 radical (unpaired) electrons. The first kappa shape index (κ1) is 15.0. The monoisotopic (exact) mass is 285 g/mol. The molecule has 1 aromatic carbocycles. The molecular formula is C16H19N3O2. The van der Waals surface area contributed by atoms with Gasteiger partial charge in [0, 0.05) is 11.8 Å². The molecular weight excluding hydrogens is 266 g/mol. The van der Waals surface area contributed by atoms with Crippen LogP contribution in [0.15, 0.2) is 30.3 Å². The number of nitriles is 1. The maximum atomic E-state index is 12.4. The topological polar surface area (TPSA) is 96.0 Å². The van der Waals surface area contributed by atoms with E-state index in [-0.39, 0.29) is 5.91 Å². The third kappa shape index (κ3) is 3.60. The van der Waals surface area contributed by atoms with Crippen LogP contribution in [0.2, 0.25) is 0 Å². The molecule has 1 unspecified atom stereocenters. The van der Waals surface area contributed by atoms with E-state index in [9.17, 15) is 14.9 Å². The molecule has 5 heteroatoms. The third-order valence-corrected chi connectivity index (χ3v) is 4.02. The molecule has 0 aromatic heterocycles. The van der Waals surface area contributed by atoms with Gasteiger partial charge in [0.2, 0.25) is 11.8 Å². The molecule has 5 nitrogen and oxygen atoms in total. The summed E-state index contributed by atoms with van der Waals surface area (Å²) in [6.07, 6.45) is 3.12. The number of nitrogens with zero attached hydrogens (tertiary/aromatic N) is 1. The number of hydrogen-bond acceptors (Lipinski definition) is 3. The van der Waals surface area contributed by atoms with Crippen LogP contribution in [0.25, 0.3) is 0 Å². The Labute approximate surface area is 124 Å². The second kappa shape index (κ2) is 6.89. The number of primary amides is 1. The molecule has 0 aliphatic heterocycles. The highest BCUT2D eigenvalue weighted by Crippen LogP contribution is 2.30. The number of nitrogens with two attached hydrogens (primary N) is 1. The third-order valence-electron chi connectivity index (χ3n) is 4.02. The van der Waals surface area contributed by atoms with E-state index in [0.29, 0.717) is 12.8 Å². The van der Waals surface area contributed by atoms with Crippen LogP contribution in [0.5, 0.6) is 0 Å². The van der Waals surface area contributed by atoms with E-state index in [4.69, 9.17) is 5.73 Å². The van der Waals surface area contributed by atoms with E-state index in [0.717, 1.165) is 18.4 Å². The molecule has 3 N–H and O–H groups in total. The molecule has 0 spiro atoms. The van der Waals surface area contributed by atoms with Gasteiger partial charge in [-0.05, 0) is 18.4 Å². The summed E-state index contributed by atoms with van der Waals surface area (Å²) in [7, 11) is 0. The van der Waals surface area contributed by atoms with Crippen molar-refractivity contribution in [3.8, 4) is 6.07 Å². The van der Waals surface area contributed by atoms with Gasteiger partial charge >= 0.3 is 0 Å². The standard InChI is InChI=1S/C16H19N3O2/c17-10-14(11-6-2-1-3-7-11)19-16(21)13-9-5-4-8-12(13)15(18)20/h1-3,6-7,12-14H,4-5,8-9H2,(H2,18,20)(H,19,21)/t12-,13+,14?/m0/s1. The maximum Gasteiger partial charge on any atom is 0.225 e. The lowest BCUT2D eigenvalue weighted by Crippen LogP contribution is -2.42. The molecule has 1 fully saturated rings. The number of rotatable bonds is 4. The molecule has 2 rings (SSSR count). The first-order valence-corrected chi connectivity index (χ1v) is 7.17. The zero-order valence-electron chi connectivity index (χ0n) is 11.8. The van der Waals surface area contributed by atoms with Gasteiger partial charge in [-0.25, -0.2) is 0 Å². The van der Waals surface area contributed by atoms with Crippen molar-refractivity contribution in [3.63, 3.8) is 0 Å². The highest BCUT2D eigenvalue weighted by atomic mass is 16.2. The predicted molar refractivity (Wildman–Crippen MR) is 77.6 cm³/mol. The number of carbonyl (C=O) groups is 2. The minimum Gasteiger partial charge on any atom is -0.369 e. The summed E-state index contributed by atoms with van der Waals surface area (Å²) in [5.74, 6) is -1.53. The van der Waals surface area contributed by atoms with Crippen LogP contribution in [-0.4, -0.2) is 11.8 Å². The number of hydrogen-bond donors (Lipinski definition) is 2. The van der Waals surface area contributed by atoms with Crippen LogP contribution < -0.4 is 11.1 Å². The van der Waals surface area contributed by atoms with Crippen LogP contribution in [0.1, 0.15) is 37.3 Å². The van der Waals surface area contributed by atoms with Gasteiger partial charge in [0.1, 0.15) is 6.04 Å². The Hall–Kier alpha value is -2.35. The first-order valence-electron chi connectivity index (χ1n) is 7.17. The lowest BCUT2D eigenvalue weighted by atomic mass is 9.78. The SMILES string of the molecule is N#CC(NC(=O)[C@@H]1CCCC[C@@H]1C(N)=O)c1ccccc1. The Morgan fingerprint density at radius 1 is 1.19 bits per heavy atom. The van der Waals surface area contributed by atoms with E-state index >= 15 is 0 Å². The van der Waals surface area contributed by atoms with Crippen LogP contribution in [0, 0.1) is 23.2 Å². The molecule has 21 heavy (non-hydrogen) atoms. The van der Waals surface area contributed by atoms with E-state index in [1.165, 1.54) is 0 Å². The molecule has 1 aliphatic carbocycles. The van der Waals surface area contributed by atoms with Crippen molar-refractivity contribution in [1.29, 1.82) is 5.26 Å². The largest absolute Gasteiger partial charge is 0.369 e. The van der Waals surface area contributed by atoms with Crippen LogP contribution in [-0.2, 0) is 9.59 Å². The van der Waals surface area contributed by atoms with Crippen molar-refractivity contribution in [1.82, 2.24) is 5.32 Å². The Balaban J connectivity index is 2.09. The lowest BCUT2D eigenvalue weighted by Gasteiger charge is -2.29. The van der Waals surface area contributed by atoms with Crippen LogP contribution >= 0.6 is 0 Å². The quantitative estimate of drug-likeness (QED) is 0.880. The molecule has 110 valence electrons. The first-order chi connectivity index (χ1) is 10.1. The summed E-state index contributed by atoms with van der Waals surface area (Å²) in [5.41, 5.74) is 6.12. The van der Waals surface area contributed by atoms with Gasteiger partial charge in [-0.2, -0.15) is 5.26 Å². The van der Waals surface area contributed by atoms with Gasteiger partial charge in [-0.15, -0.1) is 0 Å². The minimum atomic E-state index is -0.700. The Morgan fingerprint density at radius 3 is 2.38 bits per heavy atom. The molecule has 1 aromatic rings. The zero-order valence-corrected chi connectivity index (χ0v) is 11.8. The van der Waals surface area contributed by atoms with Crippen LogP contribution in [0.3, 0.4) is 0 Å². The smallest absolute Gasteiger partial charge is 0.225 e. The summed E-state index contributed by atoms with van der Waals surface area (Å²) in [6, 6.07) is 10.5. The molecule has 1 aliphatic rings. The van der Waals surface area contributed by atoms with Crippen LogP contribution in [0.4, 0.5) is 0 Å². The Kier molecular flexibility index (Phi) is 4.94. The second-order valence-electron chi connectivity index (χ2n) is 5.38. The molecule has 0 bridgehead atoms. The zero-order chi connectivity index (χ0) is 15.2. The van der Waals surface area contributed by atoms with Gasteiger partial charge in [-0.1, -0.05) is 43.2 Å². The van der Waals surface area contributed by atoms with Crippen molar-refractivity contribution in [3.05, 3.63) is 35.9 Å². The second-order valence-corrected chi connectivity index (χ2v) is 5.38. The number of amides is 2. The molecule has 3 atom stereocenters. The number of nitrogens with one attached hydrogen (secondary N) is 1.